The van der Waals surface area contributed by atoms with E-state index in [2.05, 4.69) is 129 Å². The van der Waals surface area contributed by atoms with Crippen LogP contribution in [0.3, 0.4) is 0 Å². The van der Waals surface area contributed by atoms with Crippen molar-refractivity contribution in [1.29, 1.82) is 0 Å². The van der Waals surface area contributed by atoms with Crippen molar-refractivity contribution in [3.63, 3.8) is 0 Å². The predicted octanol–water partition coefficient (Wildman–Crippen LogP) is 9.23. The van der Waals surface area contributed by atoms with Crippen LogP contribution in [0.15, 0.2) is 140 Å². The van der Waals surface area contributed by atoms with Gasteiger partial charge in [-0.3, -0.25) is 4.40 Å². The van der Waals surface area contributed by atoms with Crippen LogP contribution in [0.5, 0.6) is 0 Å². The maximum Gasteiger partial charge on any atom is 0.146 e. The first-order chi connectivity index (χ1) is 21.4. The van der Waals surface area contributed by atoms with E-state index >= 15 is 0 Å². The number of pyridine rings is 2. The molecule has 0 saturated carbocycles. The molecule has 0 bridgehead atoms. The summed E-state index contributed by atoms with van der Waals surface area (Å²) in [6.07, 6.45) is 5.75. The van der Waals surface area contributed by atoms with Gasteiger partial charge < -0.3 is 9.13 Å². The van der Waals surface area contributed by atoms with Gasteiger partial charge in [0, 0.05) is 62.3 Å². The molecule has 0 radical (unpaired) electrons. The first-order valence-corrected chi connectivity index (χ1v) is 14.5. The van der Waals surface area contributed by atoms with Crippen LogP contribution in [0, 0.1) is 0 Å². The van der Waals surface area contributed by atoms with Gasteiger partial charge in [0.05, 0.1) is 22.1 Å². The minimum absolute atomic E-state index is 0.917. The van der Waals surface area contributed by atoms with E-state index in [9.17, 15) is 0 Å². The topological polar surface area (TPSA) is 40.0 Å². The molecule has 0 fully saturated rings. The van der Waals surface area contributed by atoms with Gasteiger partial charge in [-0.1, -0.05) is 72.8 Å². The molecule has 5 heterocycles. The third kappa shape index (κ3) is 2.90. The third-order valence-electron chi connectivity index (χ3n) is 8.93. The normalized spacial score (nSPS) is 12.2. The van der Waals surface area contributed by atoms with Crippen molar-refractivity contribution >= 4 is 71.1 Å². The molecule has 0 atom stereocenters. The quantitative estimate of drug-likeness (QED) is 0.202. The zero-order valence-corrected chi connectivity index (χ0v) is 23.0. The summed E-state index contributed by atoms with van der Waals surface area (Å²) in [5.74, 6) is 0. The molecule has 43 heavy (non-hydrogen) atoms. The summed E-state index contributed by atoms with van der Waals surface area (Å²) >= 11 is 0. The number of benzene rings is 5. The Balaban J connectivity index is 1.54. The number of rotatable bonds is 2. The Bertz CT molecular complexity index is 2710. The summed E-state index contributed by atoms with van der Waals surface area (Å²) in [6, 6.07) is 43.5. The molecule has 0 spiro atoms. The summed E-state index contributed by atoms with van der Waals surface area (Å²) in [5.41, 5.74) is 8.83. The molecular formula is C38H23N5. The molecule has 5 heteroatoms. The Morgan fingerprint density at radius 1 is 0.395 bits per heavy atom. The summed E-state index contributed by atoms with van der Waals surface area (Å²) in [6.45, 7) is 0. The highest BCUT2D eigenvalue weighted by atomic mass is 15.1. The first-order valence-electron chi connectivity index (χ1n) is 14.5. The standard InChI is InChI=1S/C38H23N5/c1-3-10-24(11-4-1)42-31-16-8-7-14-26(31)28-17-18-30-33-32(43(36(30)35(28)42)25-12-5-2-6-13-25)20-19-27-29-15-9-21-39-37(29)41-23-22-40-38(41)34(27)33/h1-23H. The second kappa shape index (κ2) is 8.30. The van der Waals surface area contributed by atoms with Crippen LogP contribution in [0.2, 0.25) is 0 Å². The SMILES string of the molecule is c1ccc(-n2c3ccccc3c3ccc4c5c6c(ccc5n(-c5ccccc5)c4c32)c2cccnc2n2ccnc62)cc1. The molecule has 10 aromatic rings. The summed E-state index contributed by atoms with van der Waals surface area (Å²) in [4.78, 5) is 9.66. The minimum Gasteiger partial charge on any atom is -0.307 e. The highest BCUT2D eigenvalue weighted by Crippen LogP contribution is 2.45. The Morgan fingerprint density at radius 2 is 1.02 bits per heavy atom. The van der Waals surface area contributed by atoms with Crippen LogP contribution >= 0.6 is 0 Å². The van der Waals surface area contributed by atoms with E-state index in [0.29, 0.717) is 0 Å². The van der Waals surface area contributed by atoms with Crippen molar-refractivity contribution in [2.45, 2.75) is 0 Å². The highest BCUT2D eigenvalue weighted by Gasteiger charge is 2.24. The van der Waals surface area contributed by atoms with Crippen molar-refractivity contribution in [3.05, 3.63) is 140 Å². The minimum atomic E-state index is 0.917. The Kier molecular flexibility index (Phi) is 4.39. The smallest absolute Gasteiger partial charge is 0.146 e. The molecule has 10 rings (SSSR count). The molecule has 5 nitrogen and oxygen atoms in total. The lowest BCUT2D eigenvalue weighted by molar-refractivity contribution is 1.15. The van der Waals surface area contributed by atoms with Gasteiger partial charge >= 0.3 is 0 Å². The average molecular weight is 550 g/mol. The number of fused-ring (bicyclic) bond motifs is 14. The molecule has 0 unspecified atom stereocenters. The van der Waals surface area contributed by atoms with Gasteiger partial charge in [-0.05, 0) is 53.9 Å². The zero-order valence-electron chi connectivity index (χ0n) is 23.0. The fraction of sp³-hybridized carbons (Fsp3) is 0. The molecule has 200 valence electrons. The van der Waals surface area contributed by atoms with Gasteiger partial charge in [0.15, 0.2) is 0 Å². The van der Waals surface area contributed by atoms with Crippen molar-refractivity contribution in [3.8, 4) is 11.4 Å². The van der Waals surface area contributed by atoms with Crippen molar-refractivity contribution < 1.29 is 0 Å². The number of aromatic nitrogens is 5. The van der Waals surface area contributed by atoms with Crippen LogP contribution in [-0.2, 0) is 0 Å². The first kappa shape index (κ1) is 22.7. The second-order valence-corrected chi connectivity index (χ2v) is 11.1. The summed E-state index contributed by atoms with van der Waals surface area (Å²) in [7, 11) is 0. The highest BCUT2D eigenvalue weighted by molar-refractivity contribution is 6.32. The molecule has 0 amide bonds. The van der Waals surface area contributed by atoms with Crippen LogP contribution in [0.4, 0.5) is 0 Å². The van der Waals surface area contributed by atoms with Crippen LogP contribution in [0.25, 0.3) is 82.4 Å². The number of nitrogens with zero attached hydrogens (tertiary/aromatic N) is 5. The average Bonchev–Trinajstić information content (AvgIpc) is 3.78. The lowest BCUT2D eigenvalue weighted by Gasteiger charge is -2.12. The van der Waals surface area contributed by atoms with Crippen molar-refractivity contribution in [2.75, 3.05) is 0 Å². The van der Waals surface area contributed by atoms with Gasteiger partial charge in [0.25, 0.3) is 0 Å². The van der Waals surface area contributed by atoms with Gasteiger partial charge in [0.2, 0.25) is 0 Å². The van der Waals surface area contributed by atoms with Crippen molar-refractivity contribution in [2.24, 2.45) is 0 Å². The lowest BCUT2D eigenvalue weighted by atomic mass is 10.0. The maximum atomic E-state index is 4.91. The summed E-state index contributed by atoms with van der Waals surface area (Å²) in [5, 5.41) is 8.29. The molecular weight excluding hydrogens is 526 g/mol. The largest absolute Gasteiger partial charge is 0.307 e. The molecule has 0 aliphatic rings. The fourth-order valence-electron chi connectivity index (χ4n) is 7.25. The van der Waals surface area contributed by atoms with Gasteiger partial charge in [-0.15, -0.1) is 0 Å². The zero-order chi connectivity index (χ0) is 28.1. The monoisotopic (exact) mass is 549 g/mol. The van der Waals surface area contributed by atoms with Crippen LogP contribution in [-0.4, -0.2) is 23.5 Å². The van der Waals surface area contributed by atoms with E-state index in [-0.39, 0.29) is 0 Å². The Labute approximate surface area is 245 Å². The van der Waals surface area contributed by atoms with E-state index in [0.717, 1.165) is 44.3 Å². The third-order valence-corrected chi connectivity index (χ3v) is 8.93. The molecule has 5 aromatic carbocycles. The Morgan fingerprint density at radius 3 is 1.84 bits per heavy atom. The van der Waals surface area contributed by atoms with E-state index in [1.165, 1.54) is 38.1 Å². The second-order valence-electron chi connectivity index (χ2n) is 11.1. The molecule has 0 aliphatic carbocycles. The van der Waals surface area contributed by atoms with E-state index in [1.807, 2.05) is 24.7 Å². The van der Waals surface area contributed by atoms with E-state index < -0.39 is 0 Å². The summed E-state index contributed by atoms with van der Waals surface area (Å²) < 4.78 is 7.00. The number of imidazole rings is 1. The molecule has 0 aliphatic heterocycles. The number of hydrogen-bond acceptors (Lipinski definition) is 2. The lowest BCUT2D eigenvalue weighted by Crippen LogP contribution is -1.98. The Hall–Kier alpha value is -5.94. The fourth-order valence-corrected chi connectivity index (χ4v) is 7.25. The van der Waals surface area contributed by atoms with Gasteiger partial charge in [0.1, 0.15) is 11.3 Å². The predicted molar refractivity (Wildman–Crippen MR) is 177 cm³/mol. The van der Waals surface area contributed by atoms with Gasteiger partial charge in [-0.25, -0.2) is 9.97 Å². The maximum absolute atomic E-state index is 4.91. The van der Waals surface area contributed by atoms with Crippen molar-refractivity contribution in [1.82, 2.24) is 23.5 Å². The van der Waals surface area contributed by atoms with Gasteiger partial charge in [-0.2, -0.15) is 0 Å². The van der Waals surface area contributed by atoms with E-state index in [1.54, 1.807) is 0 Å². The van der Waals surface area contributed by atoms with E-state index in [4.69, 9.17) is 9.97 Å². The number of hydrogen-bond donors (Lipinski definition) is 0. The van der Waals surface area contributed by atoms with Crippen LogP contribution < -0.4 is 0 Å². The molecule has 0 N–H and O–H groups in total. The molecule has 5 aromatic heterocycles. The number of para-hydroxylation sites is 3. The van der Waals surface area contributed by atoms with Crippen LogP contribution in [0.1, 0.15) is 0 Å². The molecule has 0 saturated heterocycles.